The lowest BCUT2D eigenvalue weighted by Crippen LogP contribution is -2.43. The van der Waals surface area contributed by atoms with Crippen LogP contribution < -0.4 is 11.3 Å². The first kappa shape index (κ1) is 12.0. The second-order valence-electron chi connectivity index (χ2n) is 3.19. The van der Waals surface area contributed by atoms with Crippen LogP contribution in [0.4, 0.5) is 0 Å². The second-order valence-corrected chi connectivity index (χ2v) is 4.23. The summed E-state index contributed by atoms with van der Waals surface area (Å²) < 4.78 is 0. The number of nitrogens with zero attached hydrogens (tertiary/aromatic N) is 2. The highest BCUT2D eigenvalue weighted by molar-refractivity contribution is 7.09. The van der Waals surface area contributed by atoms with Gasteiger partial charge in [0, 0.05) is 25.0 Å². The molecule has 3 N–H and O–H groups in total. The molecule has 0 unspecified atom stereocenters. The summed E-state index contributed by atoms with van der Waals surface area (Å²) >= 11 is 1.78. The number of hydrazine groups is 1. The van der Waals surface area contributed by atoms with Gasteiger partial charge in [-0.15, -0.1) is 11.3 Å². The lowest BCUT2D eigenvalue weighted by molar-refractivity contribution is 0.487. The predicted molar refractivity (Wildman–Crippen MR) is 66.0 cm³/mol. The van der Waals surface area contributed by atoms with Gasteiger partial charge < -0.3 is 4.90 Å². The largest absolute Gasteiger partial charge is 0.345 e. The molecule has 4 nitrogen and oxygen atoms in total. The van der Waals surface area contributed by atoms with Gasteiger partial charge in [0.1, 0.15) is 0 Å². The van der Waals surface area contributed by atoms with Crippen LogP contribution in [0, 0.1) is 0 Å². The van der Waals surface area contributed by atoms with Gasteiger partial charge in [-0.1, -0.05) is 6.07 Å². The van der Waals surface area contributed by atoms with Crippen LogP contribution in [0.5, 0.6) is 0 Å². The van der Waals surface area contributed by atoms with Crippen molar-refractivity contribution in [2.24, 2.45) is 10.8 Å². The normalized spacial score (nSPS) is 11.5. The van der Waals surface area contributed by atoms with Crippen molar-refractivity contribution in [3.63, 3.8) is 0 Å². The Hall–Kier alpha value is -1.07. The number of aliphatic imine (C=N–C) groups is 1. The molecule has 0 bridgehead atoms. The molecule has 0 fully saturated rings. The van der Waals surface area contributed by atoms with Crippen LogP contribution in [0.3, 0.4) is 0 Å². The van der Waals surface area contributed by atoms with Crippen molar-refractivity contribution < 1.29 is 0 Å². The number of hydrogen-bond acceptors (Lipinski definition) is 3. The van der Waals surface area contributed by atoms with Crippen molar-refractivity contribution in [2.45, 2.75) is 13.3 Å². The zero-order chi connectivity index (χ0) is 11.1. The van der Waals surface area contributed by atoms with Crippen molar-refractivity contribution in [3.8, 4) is 0 Å². The smallest absolute Gasteiger partial charge is 0.208 e. The Kier molecular flexibility index (Phi) is 5.14. The van der Waals surface area contributed by atoms with E-state index in [2.05, 4.69) is 27.9 Å². The van der Waals surface area contributed by atoms with Crippen molar-refractivity contribution in [1.29, 1.82) is 0 Å². The molecule has 5 heteroatoms. The third-order valence-corrected chi connectivity index (χ3v) is 3.01. The zero-order valence-electron chi connectivity index (χ0n) is 9.23. The minimum atomic E-state index is 0.739. The van der Waals surface area contributed by atoms with E-state index in [0.29, 0.717) is 0 Å². The molecule has 1 aromatic heterocycles. The van der Waals surface area contributed by atoms with Crippen LogP contribution in [-0.2, 0) is 6.42 Å². The molecule has 0 atom stereocenters. The second kappa shape index (κ2) is 6.42. The molecule has 1 rings (SSSR count). The van der Waals surface area contributed by atoms with Crippen LogP contribution in [0.1, 0.15) is 11.8 Å². The van der Waals surface area contributed by atoms with E-state index in [1.807, 2.05) is 18.9 Å². The van der Waals surface area contributed by atoms with Crippen LogP contribution in [0.25, 0.3) is 0 Å². The summed E-state index contributed by atoms with van der Waals surface area (Å²) in [5.41, 5.74) is 2.61. The average Bonchev–Trinajstić information content (AvgIpc) is 2.75. The Labute approximate surface area is 94.8 Å². The monoisotopic (exact) mass is 226 g/mol. The Morgan fingerprint density at radius 3 is 3.00 bits per heavy atom. The standard InChI is InChI=1S/C10H18N4S/c1-3-12-10(13-11)14(2)7-6-9-5-4-8-15-9/h4-5,8H,3,6-7,11H2,1-2H3,(H,12,13). The van der Waals surface area contributed by atoms with E-state index < -0.39 is 0 Å². The molecule has 84 valence electrons. The molecule has 15 heavy (non-hydrogen) atoms. The van der Waals surface area contributed by atoms with Gasteiger partial charge in [-0.05, 0) is 24.8 Å². The molecule has 0 aromatic carbocycles. The van der Waals surface area contributed by atoms with Crippen LogP contribution in [-0.4, -0.2) is 31.0 Å². The molecule has 1 aromatic rings. The molecular formula is C10H18N4S. The summed E-state index contributed by atoms with van der Waals surface area (Å²) in [6.07, 6.45) is 1.03. The van der Waals surface area contributed by atoms with Gasteiger partial charge in [-0.25, -0.2) is 5.84 Å². The summed E-state index contributed by atoms with van der Waals surface area (Å²) in [6, 6.07) is 4.22. The zero-order valence-corrected chi connectivity index (χ0v) is 10.0. The molecule has 1 heterocycles. The van der Waals surface area contributed by atoms with Crippen LogP contribution in [0.2, 0.25) is 0 Å². The molecule has 0 radical (unpaired) electrons. The first-order chi connectivity index (χ1) is 7.27. The lowest BCUT2D eigenvalue weighted by atomic mass is 10.3. The molecule has 0 aliphatic rings. The van der Waals surface area contributed by atoms with Crippen LogP contribution >= 0.6 is 11.3 Å². The maximum absolute atomic E-state index is 5.39. The number of hydrogen-bond donors (Lipinski definition) is 2. The van der Waals surface area contributed by atoms with Gasteiger partial charge in [0.05, 0.1) is 0 Å². The van der Waals surface area contributed by atoms with Gasteiger partial charge in [-0.3, -0.25) is 10.4 Å². The Bertz CT molecular complexity index is 294. The van der Waals surface area contributed by atoms with E-state index >= 15 is 0 Å². The van der Waals surface area contributed by atoms with Crippen molar-refractivity contribution in [1.82, 2.24) is 10.3 Å². The molecule has 0 aliphatic heterocycles. The Balaban J connectivity index is 2.41. The predicted octanol–water partition coefficient (Wildman–Crippen LogP) is 1.06. The maximum atomic E-state index is 5.39. The van der Waals surface area contributed by atoms with Gasteiger partial charge in [-0.2, -0.15) is 0 Å². The number of rotatable bonds is 4. The van der Waals surface area contributed by atoms with Gasteiger partial charge in [0.2, 0.25) is 5.96 Å². The molecule has 0 amide bonds. The molecule has 0 spiro atoms. The number of nitrogens with two attached hydrogens (primary N) is 1. The minimum absolute atomic E-state index is 0.739. The summed E-state index contributed by atoms with van der Waals surface area (Å²) in [4.78, 5) is 7.67. The van der Waals surface area contributed by atoms with E-state index in [1.165, 1.54) is 4.88 Å². The van der Waals surface area contributed by atoms with E-state index in [1.54, 1.807) is 11.3 Å². The van der Waals surface area contributed by atoms with E-state index in [0.717, 1.165) is 25.5 Å². The quantitative estimate of drug-likeness (QED) is 0.349. The minimum Gasteiger partial charge on any atom is -0.345 e. The van der Waals surface area contributed by atoms with Crippen LogP contribution in [0.15, 0.2) is 22.5 Å². The fourth-order valence-corrected chi connectivity index (χ4v) is 1.96. The van der Waals surface area contributed by atoms with Gasteiger partial charge in [0.15, 0.2) is 0 Å². The first-order valence-electron chi connectivity index (χ1n) is 5.02. The third kappa shape index (κ3) is 3.89. The highest BCUT2D eigenvalue weighted by Gasteiger charge is 2.04. The van der Waals surface area contributed by atoms with Crippen molar-refractivity contribution >= 4 is 17.3 Å². The summed E-state index contributed by atoms with van der Waals surface area (Å²) in [5.74, 6) is 6.13. The van der Waals surface area contributed by atoms with Crippen molar-refractivity contribution in [3.05, 3.63) is 22.4 Å². The third-order valence-electron chi connectivity index (χ3n) is 2.07. The van der Waals surface area contributed by atoms with Gasteiger partial charge >= 0.3 is 0 Å². The molecule has 0 saturated heterocycles. The first-order valence-corrected chi connectivity index (χ1v) is 5.90. The Morgan fingerprint density at radius 1 is 1.67 bits per heavy atom. The SMILES string of the molecule is CCN=C(NN)N(C)CCc1cccs1. The number of thiophene rings is 1. The topological polar surface area (TPSA) is 53.6 Å². The van der Waals surface area contributed by atoms with E-state index in [-0.39, 0.29) is 0 Å². The highest BCUT2D eigenvalue weighted by Crippen LogP contribution is 2.09. The fraction of sp³-hybridized carbons (Fsp3) is 0.500. The molecular weight excluding hydrogens is 208 g/mol. The number of nitrogens with one attached hydrogen (secondary N) is 1. The molecule has 0 saturated carbocycles. The van der Waals surface area contributed by atoms with E-state index in [4.69, 9.17) is 5.84 Å². The Morgan fingerprint density at radius 2 is 2.47 bits per heavy atom. The summed E-state index contributed by atoms with van der Waals surface area (Å²) in [7, 11) is 1.99. The number of guanidine groups is 1. The lowest BCUT2D eigenvalue weighted by Gasteiger charge is -2.19. The van der Waals surface area contributed by atoms with Crippen molar-refractivity contribution in [2.75, 3.05) is 20.1 Å². The fourth-order valence-electron chi connectivity index (χ4n) is 1.26. The average molecular weight is 226 g/mol. The summed E-state index contributed by atoms with van der Waals surface area (Å²) in [6.45, 7) is 3.65. The summed E-state index contributed by atoms with van der Waals surface area (Å²) in [5, 5.41) is 2.09. The maximum Gasteiger partial charge on any atom is 0.208 e. The molecule has 0 aliphatic carbocycles. The van der Waals surface area contributed by atoms with Gasteiger partial charge in [0.25, 0.3) is 0 Å². The number of likely N-dealkylation sites (N-methyl/N-ethyl adjacent to an activating group) is 1. The van der Waals surface area contributed by atoms with E-state index in [9.17, 15) is 0 Å². The highest BCUT2D eigenvalue weighted by atomic mass is 32.1.